The van der Waals surface area contributed by atoms with Gasteiger partial charge < -0.3 is 10.6 Å². The van der Waals surface area contributed by atoms with Crippen LogP contribution in [0.15, 0.2) is 15.5 Å². The van der Waals surface area contributed by atoms with E-state index in [4.69, 9.17) is 5.73 Å². The number of hydrogen-bond donors (Lipinski definition) is 1. The van der Waals surface area contributed by atoms with Crippen LogP contribution < -0.4 is 16.2 Å². The van der Waals surface area contributed by atoms with E-state index in [2.05, 4.69) is 39.8 Å². The highest BCUT2D eigenvalue weighted by Gasteiger charge is 2.34. The first kappa shape index (κ1) is 15.5. The van der Waals surface area contributed by atoms with Crippen molar-refractivity contribution in [2.45, 2.75) is 39.3 Å². The standard InChI is InChI=1S/C14H23BrN4O/c1-9(2)8-19-14(20)13(15)12(7-17-19)18(3)11(6-16)10-4-5-10/h7,9-11H,4-6,8,16H2,1-3H3. The molecule has 1 saturated carbocycles. The number of nitrogens with two attached hydrogens (primary N) is 1. The maximum Gasteiger partial charge on any atom is 0.283 e. The Morgan fingerprint density at radius 1 is 1.55 bits per heavy atom. The lowest BCUT2D eigenvalue weighted by molar-refractivity contribution is 0.461. The van der Waals surface area contributed by atoms with Crippen LogP contribution >= 0.6 is 15.9 Å². The number of hydrogen-bond acceptors (Lipinski definition) is 4. The predicted molar refractivity (Wildman–Crippen MR) is 85.0 cm³/mol. The summed E-state index contributed by atoms with van der Waals surface area (Å²) >= 11 is 3.43. The second-order valence-corrected chi connectivity index (χ2v) is 6.77. The summed E-state index contributed by atoms with van der Waals surface area (Å²) in [5.74, 6) is 1.04. The molecule has 1 aliphatic rings. The Morgan fingerprint density at radius 2 is 2.20 bits per heavy atom. The van der Waals surface area contributed by atoms with Crippen molar-refractivity contribution in [3.05, 3.63) is 21.0 Å². The van der Waals surface area contributed by atoms with Gasteiger partial charge in [0, 0.05) is 26.2 Å². The van der Waals surface area contributed by atoms with Gasteiger partial charge in [-0.05, 0) is 40.6 Å². The van der Waals surface area contributed by atoms with Gasteiger partial charge in [-0.2, -0.15) is 5.10 Å². The average Bonchev–Trinajstić information content (AvgIpc) is 3.20. The number of anilines is 1. The van der Waals surface area contributed by atoms with Crippen molar-refractivity contribution in [1.29, 1.82) is 0 Å². The van der Waals surface area contributed by atoms with Crippen LogP contribution in [0.1, 0.15) is 26.7 Å². The van der Waals surface area contributed by atoms with Gasteiger partial charge in [0.1, 0.15) is 4.47 Å². The van der Waals surface area contributed by atoms with E-state index < -0.39 is 0 Å². The number of likely N-dealkylation sites (N-methyl/N-ethyl adjacent to an activating group) is 1. The molecule has 20 heavy (non-hydrogen) atoms. The van der Waals surface area contributed by atoms with Crippen molar-refractivity contribution < 1.29 is 0 Å². The fourth-order valence-corrected chi connectivity index (χ4v) is 3.09. The number of halogens is 1. The largest absolute Gasteiger partial charge is 0.368 e. The molecule has 2 N–H and O–H groups in total. The smallest absolute Gasteiger partial charge is 0.283 e. The van der Waals surface area contributed by atoms with Crippen LogP contribution in [-0.4, -0.2) is 29.4 Å². The summed E-state index contributed by atoms with van der Waals surface area (Å²) in [7, 11) is 1.99. The zero-order valence-corrected chi connectivity index (χ0v) is 13.9. The molecule has 0 spiro atoms. The van der Waals surface area contributed by atoms with Crippen LogP contribution in [0.2, 0.25) is 0 Å². The topological polar surface area (TPSA) is 64.2 Å². The Morgan fingerprint density at radius 3 is 2.70 bits per heavy atom. The predicted octanol–water partition coefficient (Wildman–Crippen LogP) is 1.84. The monoisotopic (exact) mass is 342 g/mol. The van der Waals surface area contributed by atoms with Gasteiger partial charge in [0.2, 0.25) is 0 Å². The lowest BCUT2D eigenvalue weighted by atomic mass is 10.1. The second kappa shape index (κ2) is 6.26. The molecular weight excluding hydrogens is 320 g/mol. The first-order valence-corrected chi connectivity index (χ1v) is 7.93. The summed E-state index contributed by atoms with van der Waals surface area (Å²) in [6.07, 6.45) is 4.21. The molecule has 1 heterocycles. The Bertz CT molecular complexity index is 524. The Hall–Kier alpha value is -0.880. The fourth-order valence-electron chi connectivity index (χ4n) is 2.50. The maximum absolute atomic E-state index is 12.3. The third-order valence-corrected chi connectivity index (χ3v) is 4.54. The zero-order valence-electron chi connectivity index (χ0n) is 12.3. The minimum absolute atomic E-state index is 0.0744. The lowest BCUT2D eigenvalue weighted by Gasteiger charge is -2.29. The third-order valence-electron chi connectivity index (χ3n) is 3.79. The van der Waals surface area contributed by atoms with Gasteiger partial charge in [0.15, 0.2) is 0 Å². The molecule has 5 nitrogen and oxygen atoms in total. The van der Waals surface area contributed by atoms with Crippen LogP contribution in [0.4, 0.5) is 5.69 Å². The van der Waals surface area contributed by atoms with Crippen molar-refractivity contribution in [3.8, 4) is 0 Å². The van der Waals surface area contributed by atoms with E-state index in [-0.39, 0.29) is 11.6 Å². The van der Waals surface area contributed by atoms with E-state index in [1.54, 1.807) is 6.20 Å². The van der Waals surface area contributed by atoms with Crippen molar-refractivity contribution in [2.24, 2.45) is 17.6 Å². The molecule has 0 saturated heterocycles. The van der Waals surface area contributed by atoms with Crippen molar-refractivity contribution in [3.63, 3.8) is 0 Å². The first-order chi connectivity index (χ1) is 9.45. The number of aromatic nitrogens is 2. The molecule has 0 aromatic carbocycles. The van der Waals surface area contributed by atoms with E-state index in [0.717, 1.165) is 5.69 Å². The Balaban J connectivity index is 2.28. The molecule has 112 valence electrons. The molecule has 0 radical (unpaired) electrons. The average molecular weight is 343 g/mol. The molecule has 1 aromatic rings. The quantitative estimate of drug-likeness (QED) is 0.856. The molecule has 6 heteroatoms. The molecular formula is C14H23BrN4O. The van der Waals surface area contributed by atoms with Gasteiger partial charge >= 0.3 is 0 Å². The van der Waals surface area contributed by atoms with Crippen LogP contribution in [0.3, 0.4) is 0 Å². The summed E-state index contributed by atoms with van der Waals surface area (Å²) in [4.78, 5) is 14.4. The highest BCUT2D eigenvalue weighted by Crippen LogP contribution is 2.36. The van der Waals surface area contributed by atoms with Gasteiger partial charge in [-0.3, -0.25) is 4.79 Å². The van der Waals surface area contributed by atoms with Crippen molar-refractivity contribution in [2.75, 3.05) is 18.5 Å². The van der Waals surface area contributed by atoms with Gasteiger partial charge in [-0.15, -0.1) is 0 Å². The Labute approximate surface area is 128 Å². The van der Waals surface area contributed by atoms with Crippen LogP contribution in [0.25, 0.3) is 0 Å². The van der Waals surface area contributed by atoms with E-state index >= 15 is 0 Å². The highest BCUT2D eigenvalue weighted by molar-refractivity contribution is 9.10. The molecule has 2 rings (SSSR count). The minimum Gasteiger partial charge on any atom is -0.368 e. The van der Waals surface area contributed by atoms with Gasteiger partial charge in [-0.25, -0.2) is 4.68 Å². The van der Waals surface area contributed by atoms with Crippen LogP contribution in [0, 0.1) is 11.8 Å². The first-order valence-electron chi connectivity index (χ1n) is 7.14. The minimum atomic E-state index is -0.0744. The van der Waals surface area contributed by atoms with Crippen molar-refractivity contribution in [1.82, 2.24) is 9.78 Å². The molecule has 1 unspecified atom stereocenters. The summed E-state index contributed by atoms with van der Waals surface area (Å²) < 4.78 is 2.09. The fraction of sp³-hybridized carbons (Fsp3) is 0.714. The van der Waals surface area contributed by atoms with E-state index in [1.807, 2.05) is 7.05 Å². The highest BCUT2D eigenvalue weighted by atomic mass is 79.9. The second-order valence-electron chi connectivity index (χ2n) is 5.98. The SMILES string of the molecule is CC(C)Cn1ncc(N(C)C(CN)C2CC2)c(Br)c1=O. The van der Waals surface area contributed by atoms with E-state index in [0.29, 0.717) is 29.4 Å². The van der Waals surface area contributed by atoms with Gasteiger partial charge in [0.05, 0.1) is 11.9 Å². The molecule has 0 aliphatic heterocycles. The van der Waals surface area contributed by atoms with Gasteiger partial charge in [0.25, 0.3) is 5.56 Å². The Kier molecular flexibility index (Phi) is 4.86. The van der Waals surface area contributed by atoms with Gasteiger partial charge in [-0.1, -0.05) is 13.8 Å². The number of rotatable bonds is 6. The lowest BCUT2D eigenvalue weighted by Crippen LogP contribution is -2.41. The maximum atomic E-state index is 12.3. The van der Waals surface area contributed by atoms with Crippen LogP contribution in [-0.2, 0) is 6.54 Å². The van der Waals surface area contributed by atoms with E-state index in [9.17, 15) is 4.79 Å². The summed E-state index contributed by atoms with van der Waals surface area (Å²) in [6, 6.07) is 0.286. The third kappa shape index (κ3) is 3.23. The summed E-state index contributed by atoms with van der Waals surface area (Å²) in [5, 5.41) is 4.29. The molecule has 1 atom stereocenters. The van der Waals surface area contributed by atoms with E-state index in [1.165, 1.54) is 17.5 Å². The number of nitrogens with zero attached hydrogens (tertiary/aromatic N) is 3. The molecule has 1 aromatic heterocycles. The molecule has 0 amide bonds. The molecule has 1 fully saturated rings. The normalized spacial score (nSPS) is 16.5. The summed E-state index contributed by atoms with van der Waals surface area (Å²) in [5.41, 5.74) is 6.63. The molecule has 0 bridgehead atoms. The van der Waals surface area contributed by atoms with Crippen LogP contribution in [0.5, 0.6) is 0 Å². The van der Waals surface area contributed by atoms with Crippen molar-refractivity contribution >= 4 is 21.6 Å². The summed E-state index contributed by atoms with van der Waals surface area (Å²) in [6.45, 7) is 5.37. The zero-order chi connectivity index (χ0) is 14.9. The molecule has 1 aliphatic carbocycles.